The molecule has 0 saturated carbocycles. The van der Waals surface area contributed by atoms with Crippen molar-refractivity contribution in [3.05, 3.63) is 36.0 Å². The number of nitrogen functional groups attached to an aromatic ring is 1. The van der Waals surface area contributed by atoms with Crippen molar-refractivity contribution in [3.63, 3.8) is 0 Å². The van der Waals surface area contributed by atoms with Crippen LogP contribution in [0.1, 0.15) is 10.4 Å². The largest absolute Gasteiger partial charge is 0.378 e. The minimum Gasteiger partial charge on any atom is -0.378 e. The van der Waals surface area contributed by atoms with Crippen LogP contribution in [0.5, 0.6) is 0 Å². The molecule has 4 rings (SSSR count). The van der Waals surface area contributed by atoms with Gasteiger partial charge in [-0.3, -0.25) is 4.79 Å². The van der Waals surface area contributed by atoms with Gasteiger partial charge in [-0.05, 0) is 12.1 Å². The Morgan fingerprint density at radius 2 is 1.89 bits per heavy atom. The average molecular weight is 365 g/mol. The molecule has 138 valence electrons. The van der Waals surface area contributed by atoms with Gasteiger partial charge in [0.15, 0.2) is 17.0 Å². The minimum atomic E-state index is -0.135. The van der Waals surface area contributed by atoms with E-state index in [-0.39, 0.29) is 11.9 Å². The van der Waals surface area contributed by atoms with Crippen molar-refractivity contribution in [1.29, 1.82) is 0 Å². The molecule has 9 heteroatoms. The summed E-state index contributed by atoms with van der Waals surface area (Å²) in [6, 6.07) is 7.19. The first-order valence-electron chi connectivity index (χ1n) is 8.61. The van der Waals surface area contributed by atoms with Crippen LogP contribution in [0.2, 0.25) is 0 Å². The molecule has 1 fully saturated rings. The number of carbonyl (C=O) groups is 1. The zero-order valence-corrected chi connectivity index (χ0v) is 14.8. The van der Waals surface area contributed by atoms with Gasteiger partial charge >= 0.3 is 0 Å². The maximum atomic E-state index is 11.7. The molecule has 0 radical (unpaired) electrons. The first-order valence-corrected chi connectivity index (χ1v) is 8.61. The third-order valence-corrected chi connectivity index (χ3v) is 4.39. The van der Waals surface area contributed by atoms with Gasteiger partial charge < -0.3 is 20.7 Å². The van der Waals surface area contributed by atoms with E-state index in [1.807, 2.05) is 12.1 Å². The van der Waals surface area contributed by atoms with E-state index in [9.17, 15) is 4.79 Å². The van der Waals surface area contributed by atoms with E-state index in [0.29, 0.717) is 54.5 Å². The lowest BCUT2D eigenvalue weighted by molar-refractivity contribution is 0.0963. The fourth-order valence-electron chi connectivity index (χ4n) is 2.98. The van der Waals surface area contributed by atoms with Crippen molar-refractivity contribution in [2.24, 2.45) is 0 Å². The first kappa shape index (κ1) is 17.1. The fourth-order valence-corrected chi connectivity index (χ4v) is 2.98. The van der Waals surface area contributed by atoms with Gasteiger partial charge in [0.2, 0.25) is 5.95 Å². The number of carbonyl (C=O) groups excluding carboxylic acids is 1. The van der Waals surface area contributed by atoms with Crippen molar-refractivity contribution < 1.29 is 9.53 Å². The number of rotatable bonds is 3. The molecule has 1 aliphatic heterocycles. The maximum Gasteiger partial charge on any atom is 0.251 e. The van der Waals surface area contributed by atoms with Crippen molar-refractivity contribution in [2.75, 3.05) is 44.0 Å². The summed E-state index contributed by atoms with van der Waals surface area (Å²) in [5.41, 5.74) is 9.01. The van der Waals surface area contributed by atoms with Gasteiger partial charge in [-0.2, -0.15) is 9.97 Å². The summed E-state index contributed by atoms with van der Waals surface area (Å²) in [7, 11) is 1.60. The Bertz CT molecular complexity index is 985. The molecule has 0 atom stereocenters. The number of hydrogen-bond donors (Lipinski definition) is 2. The summed E-state index contributed by atoms with van der Waals surface area (Å²) in [5, 5.41) is 2.60. The van der Waals surface area contributed by atoms with Crippen molar-refractivity contribution >= 4 is 28.8 Å². The molecule has 3 aromatic rings. The molecule has 1 saturated heterocycles. The second kappa shape index (κ2) is 7.12. The van der Waals surface area contributed by atoms with Gasteiger partial charge in [0.05, 0.1) is 25.1 Å². The minimum absolute atomic E-state index is 0.135. The fraction of sp³-hybridized carbons (Fsp3) is 0.278. The standard InChI is InChI=1S/C18H19N7O2/c1-20-17(26)12-4-2-11(3-5-12)13-10-21-15-14(22-13)16(24-18(19)23-15)25-6-8-27-9-7-25/h2-5,10H,6-9H2,1H3,(H,20,26)(H2,19,21,23,24). The van der Waals surface area contributed by atoms with E-state index >= 15 is 0 Å². The molecule has 0 aliphatic carbocycles. The number of aromatic nitrogens is 4. The van der Waals surface area contributed by atoms with E-state index in [1.165, 1.54) is 0 Å². The van der Waals surface area contributed by atoms with E-state index in [0.717, 1.165) is 5.56 Å². The van der Waals surface area contributed by atoms with Crippen LogP contribution in [0.3, 0.4) is 0 Å². The normalized spacial score (nSPS) is 14.3. The summed E-state index contributed by atoms with van der Waals surface area (Å²) in [6.45, 7) is 2.66. The van der Waals surface area contributed by atoms with Crippen molar-refractivity contribution in [2.45, 2.75) is 0 Å². The van der Waals surface area contributed by atoms with Gasteiger partial charge in [-0.15, -0.1) is 0 Å². The van der Waals surface area contributed by atoms with Gasteiger partial charge in [0.25, 0.3) is 5.91 Å². The number of anilines is 2. The van der Waals surface area contributed by atoms with Crippen LogP contribution < -0.4 is 16.0 Å². The Hall–Kier alpha value is -3.33. The molecule has 1 amide bonds. The number of amides is 1. The molecular formula is C18H19N7O2. The highest BCUT2D eigenvalue weighted by Crippen LogP contribution is 2.26. The molecule has 1 aromatic carbocycles. The predicted molar refractivity (Wildman–Crippen MR) is 101 cm³/mol. The third-order valence-electron chi connectivity index (χ3n) is 4.39. The van der Waals surface area contributed by atoms with Crippen molar-refractivity contribution in [1.82, 2.24) is 25.3 Å². The zero-order chi connectivity index (χ0) is 18.8. The lowest BCUT2D eigenvalue weighted by Gasteiger charge is -2.28. The summed E-state index contributed by atoms with van der Waals surface area (Å²) >= 11 is 0. The van der Waals surface area contributed by atoms with Crippen LogP contribution in [-0.4, -0.2) is 59.2 Å². The molecule has 0 bridgehead atoms. The topological polar surface area (TPSA) is 119 Å². The summed E-state index contributed by atoms with van der Waals surface area (Å²) < 4.78 is 5.41. The Labute approximate surface area is 155 Å². The van der Waals surface area contributed by atoms with Gasteiger partial charge in [-0.25, -0.2) is 9.97 Å². The number of benzene rings is 1. The number of ether oxygens (including phenoxy) is 1. The van der Waals surface area contributed by atoms with E-state index < -0.39 is 0 Å². The molecule has 9 nitrogen and oxygen atoms in total. The third kappa shape index (κ3) is 3.36. The maximum absolute atomic E-state index is 11.7. The Morgan fingerprint density at radius 3 is 2.59 bits per heavy atom. The molecule has 0 spiro atoms. The number of nitrogens with one attached hydrogen (secondary N) is 1. The van der Waals surface area contributed by atoms with E-state index in [4.69, 9.17) is 15.5 Å². The molecule has 3 N–H and O–H groups in total. The van der Waals surface area contributed by atoms with Gasteiger partial charge in [0.1, 0.15) is 0 Å². The van der Waals surface area contributed by atoms with Crippen LogP contribution >= 0.6 is 0 Å². The van der Waals surface area contributed by atoms with Gasteiger partial charge in [0, 0.05) is 31.3 Å². The Kier molecular flexibility index (Phi) is 4.51. The number of fused-ring (bicyclic) bond motifs is 1. The lowest BCUT2D eigenvalue weighted by Crippen LogP contribution is -2.37. The quantitative estimate of drug-likeness (QED) is 0.701. The average Bonchev–Trinajstić information content (AvgIpc) is 2.73. The molecule has 0 unspecified atom stereocenters. The summed E-state index contributed by atoms with van der Waals surface area (Å²) in [5.74, 6) is 0.697. The van der Waals surface area contributed by atoms with Crippen LogP contribution in [0.15, 0.2) is 30.5 Å². The molecule has 27 heavy (non-hydrogen) atoms. The highest BCUT2D eigenvalue weighted by molar-refractivity contribution is 5.94. The first-order chi connectivity index (χ1) is 13.2. The highest BCUT2D eigenvalue weighted by Gasteiger charge is 2.19. The van der Waals surface area contributed by atoms with E-state index in [1.54, 1.807) is 25.4 Å². The number of nitrogens with two attached hydrogens (primary N) is 1. The predicted octanol–water partition coefficient (Wildman–Crippen LogP) is 0.865. The van der Waals surface area contributed by atoms with Crippen molar-refractivity contribution in [3.8, 4) is 11.3 Å². The monoisotopic (exact) mass is 365 g/mol. The zero-order valence-electron chi connectivity index (χ0n) is 14.8. The Morgan fingerprint density at radius 1 is 1.15 bits per heavy atom. The smallest absolute Gasteiger partial charge is 0.251 e. The van der Waals surface area contributed by atoms with Crippen LogP contribution in [0.25, 0.3) is 22.4 Å². The van der Waals surface area contributed by atoms with E-state index in [2.05, 4.69) is 25.2 Å². The van der Waals surface area contributed by atoms with Crippen LogP contribution in [0, 0.1) is 0 Å². The van der Waals surface area contributed by atoms with Crippen LogP contribution in [0.4, 0.5) is 11.8 Å². The SMILES string of the molecule is CNC(=O)c1ccc(-c2cnc3nc(N)nc(N4CCOCC4)c3n2)cc1. The second-order valence-corrected chi connectivity index (χ2v) is 6.09. The lowest BCUT2D eigenvalue weighted by atomic mass is 10.1. The number of nitrogens with zero attached hydrogens (tertiary/aromatic N) is 5. The number of morpholine rings is 1. The molecule has 2 aromatic heterocycles. The molecule has 3 heterocycles. The second-order valence-electron chi connectivity index (χ2n) is 6.09. The summed E-state index contributed by atoms with van der Waals surface area (Å²) in [6.07, 6.45) is 1.65. The summed E-state index contributed by atoms with van der Waals surface area (Å²) in [4.78, 5) is 31.5. The van der Waals surface area contributed by atoms with Crippen LogP contribution in [-0.2, 0) is 4.74 Å². The van der Waals surface area contributed by atoms with Gasteiger partial charge in [-0.1, -0.05) is 12.1 Å². The number of hydrogen-bond acceptors (Lipinski definition) is 8. The highest BCUT2D eigenvalue weighted by atomic mass is 16.5. The Balaban J connectivity index is 1.76. The molecular weight excluding hydrogens is 346 g/mol. The molecule has 1 aliphatic rings.